The third-order valence-electron chi connectivity index (χ3n) is 4.76. The van der Waals surface area contributed by atoms with Crippen molar-refractivity contribution < 1.29 is 19.4 Å². The summed E-state index contributed by atoms with van der Waals surface area (Å²) < 4.78 is 5.13. The Balaban J connectivity index is 1.91. The first kappa shape index (κ1) is 19.6. The summed E-state index contributed by atoms with van der Waals surface area (Å²) in [6, 6.07) is 13.9. The summed E-state index contributed by atoms with van der Waals surface area (Å²) in [6.45, 7) is 0. The van der Waals surface area contributed by atoms with Crippen molar-refractivity contribution >= 4 is 35.0 Å². The zero-order chi connectivity index (χ0) is 21.3. The van der Waals surface area contributed by atoms with Gasteiger partial charge in [0.15, 0.2) is 0 Å². The van der Waals surface area contributed by atoms with Crippen molar-refractivity contribution in [1.82, 2.24) is 9.97 Å². The normalized spacial score (nSPS) is 17.9. The number of ether oxygens (including phenoxy) is 1. The molecule has 8 heteroatoms. The van der Waals surface area contributed by atoms with Gasteiger partial charge < -0.3 is 9.84 Å². The molecular formula is C22H16ClN3O4. The van der Waals surface area contributed by atoms with Gasteiger partial charge >= 0.3 is 5.91 Å². The first-order valence-electron chi connectivity index (χ1n) is 8.99. The van der Waals surface area contributed by atoms with Crippen molar-refractivity contribution in [2.24, 2.45) is 0 Å². The third kappa shape index (κ3) is 3.40. The van der Waals surface area contributed by atoms with E-state index >= 15 is 0 Å². The number of aliphatic hydroxyl groups is 1. The minimum Gasteiger partial charge on any atom is -0.507 e. The number of hydrogen-bond donors (Lipinski definition) is 1. The summed E-state index contributed by atoms with van der Waals surface area (Å²) in [4.78, 5) is 35.3. The van der Waals surface area contributed by atoms with Gasteiger partial charge in [0.2, 0.25) is 5.95 Å². The van der Waals surface area contributed by atoms with Gasteiger partial charge in [0.1, 0.15) is 11.5 Å². The Labute approximate surface area is 177 Å². The fraction of sp³-hybridized carbons (Fsp3) is 0.0909. The maximum Gasteiger partial charge on any atom is 0.302 e. The summed E-state index contributed by atoms with van der Waals surface area (Å²) in [5, 5.41) is 11.5. The quantitative estimate of drug-likeness (QED) is 0.391. The molecule has 0 bridgehead atoms. The molecule has 2 heterocycles. The number of halogens is 1. The van der Waals surface area contributed by atoms with E-state index in [1.54, 1.807) is 54.6 Å². The number of Topliss-reactive ketones (excluding diaryl/α,β-unsaturated/α-hetero) is 1. The Hall–Kier alpha value is -3.71. The number of nitrogens with zero attached hydrogens (tertiary/aromatic N) is 3. The van der Waals surface area contributed by atoms with Crippen LogP contribution < -0.4 is 9.64 Å². The van der Waals surface area contributed by atoms with Gasteiger partial charge in [0, 0.05) is 23.0 Å². The van der Waals surface area contributed by atoms with Gasteiger partial charge in [-0.15, -0.1) is 0 Å². The number of rotatable bonds is 4. The van der Waals surface area contributed by atoms with Crippen LogP contribution in [0.3, 0.4) is 0 Å². The Morgan fingerprint density at radius 2 is 1.67 bits per heavy atom. The molecule has 4 rings (SSSR count). The number of methoxy groups -OCH3 is 1. The van der Waals surface area contributed by atoms with Crippen LogP contribution in [0.5, 0.6) is 5.75 Å². The summed E-state index contributed by atoms with van der Waals surface area (Å²) in [6.07, 6.45) is 2.95. The zero-order valence-corrected chi connectivity index (χ0v) is 16.6. The van der Waals surface area contributed by atoms with Crippen molar-refractivity contribution in [3.8, 4) is 5.75 Å². The molecule has 7 nitrogen and oxygen atoms in total. The molecule has 0 radical (unpaired) electrons. The largest absolute Gasteiger partial charge is 0.507 e. The predicted octanol–water partition coefficient (Wildman–Crippen LogP) is 3.76. The molecule has 1 amide bonds. The second-order valence-electron chi connectivity index (χ2n) is 6.50. The number of carbonyl (C=O) groups is 2. The Kier molecular flexibility index (Phi) is 5.20. The molecule has 1 atom stereocenters. The zero-order valence-electron chi connectivity index (χ0n) is 15.8. The van der Waals surface area contributed by atoms with Crippen molar-refractivity contribution in [2.75, 3.05) is 12.0 Å². The van der Waals surface area contributed by atoms with E-state index in [1.807, 2.05) is 0 Å². The monoisotopic (exact) mass is 421 g/mol. The van der Waals surface area contributed by atoms with Crippen LogP contribution in [0.15, 0.2) is 72.6 Å². The fourth-order valence-electron chi connectivity index (χ4n) is 3.32. The summed E-state index contributed by atoms with van der Waals surface area (Å²) in [5.74, 6) is -1.28. The van der Waals surface area contributed by atoms with E-state index in [-0.39, 0.29) is 17.3 Å². The van der Waals surface area contributed by atoms with Crippen molar-refractivity contribution in [3.63, 3.8) is 0 Å². The maximum absolute atomic E-state index is 13.0. The lowest BCUT2D eigenvalue weighted by Gasteiger charge is -2.23. The second kappa shape index (κ2) is 7.96. The van der Waals surface area contributed by atoms with E-state index in [0.29, 0.717) is 21.9 Å². The number of hydrogen-bond acceptors (Lipinski definition) is 6. The summed E-state index contributed by atoms with van der Waals surface area (Å²) >= 11 is 6.01. The topological polar surface area (TPSA) is 92.6 Å². The Morgan fingerprint density at radius 1 is 1.03 bits per heavy atom. The second-order valence-corrected chi connectivity index (χ2v) is 6.93. The lowest BCUT2D eigenvalue weighted by atomic mass is 9.95. The van der Waals surface area contributed by atoms with E-state index in [2.05, 4.69) is 9.97 Å². The predicted molar refractivity (Wildman–Crippen MR) is 111 cm³/mol. The van der Waals surface area contributed by atoms with Crippen LogP contribution >= 0.6 is 11.6 Å². The lowest BCUT2D eigenvalue weighted by Crippen LogP contribution is -2.31. The minimum absolute atomic E-state index is 0.0556. The highest BCUT2D eigenvalue weighted by Gasteiger charge is 2.48. The third-order valence-corrected chi connectivity index (χ3v) is 5.01. The standard InChI is InChI=1S/C22H16ClN3O4/c1-30-16-9-5-14(6-10-16)19(27)17-18(13-3-7-15(23)8-4-13)26(21(29)20(17)28)22-24-11-2-12-25-22/h2-12,18,27H,1H3/t18-/m0/s1. The Bertz CT molecular complexity index is 1130. The molecule has 3 aromatic rings. The molecule has 1 aliphatic rings. The van der Waals surface area contributed by atoms with E-state index in [9.17, 15) is 14.7 Å². The summed E-state index contributed by atoms with van der Waals surface area (Å²) in [5.41, 5.74) is 0.905. The van der Waals surface area contributed by atoms with Crippen LogP contribution in [0.25, 0.3) is 5.76 Å². The SMILES string of the molecule is COc1ccc(C(O)=C2C(=O)C(=O)N(c3ncccn3)[C@H]2c2ccc(Cl)cc2)cc1. The molecule has 1 fully saturated rings. The smallest absolute Gasteiger partial charge is 0.302 e. The highest BCUT2D eigenvalue weighted by atomic mass is 35.5. The lowest BCUT2D eigenvalue weighted by molar-refractivity contribution is -0.132. The molecular weight excluding hydrogens is 406 g/mol. The molecule has 1 saturated heterocycles. The average Bonchev–Trinajstić information content (AvgIpc) is 3.05. The number of amides is 1. The van der Waals surface area contributed by atoms with Crippen LogP contribution in [0.1, 0.15) is 17.2 Å². The molecule has 0 spiro atoms. The molecule has 0 aliphatic carbocycles. The first-order valence-corrected chi connectivity index (χ1v) is 9.37. The number of aliphatic hydroxyl groups excluding tert-OH is 1. The molecule has 1 aliphatic heterocycles. The highest BCUT2D eigenvalue weighted by molar-refractivity contribution is 6.51. The number of carbonyl (C=O) groups excluding carboxylic acids is 2. The van der Waals surface area contributed by atoms with Gasteiger partial charge in [0.05, 0.1) is 18.7 Å². The van der Waals surface area contributed by atoms with E-state index in [4.69, 9.17) is 16.3 Å². The van der Waals surface area contributed by atoms with Gasteiger partial charge in [-0.25, -0.2) is 9.97 Å². The molecule has 30 heavy (non-hydrogen) atoms. The van der Waals surface area contributed by atoms with Crippen molar-refractivity contribution in [2.45, 2.75) is 6.04 Å². The number of ketones is 1. The molecule has 150 valence electrons. The van der Waals surface area contributed by atoms with E-state index < -0.39 is 17.7 Å². The van der Waals surface area contributed by atoms with Crippen LogP contribution in [0.2, 0.25) is 5.02 Å². The molecule has 1 aromatic heterocycles. The number of benzene rings is 2. The first-order chi connectivity index (χ1) is 14.5. The van der Waals surface area contributed by atoms with Gasteiger partial charge in [-0.2, -0.15) is 0 Å². The van der Waals surface area contributed by atoms with Crippen molar-refractivity contribution in [1.29, 1.82) is 0 Å². The summed E-state index contributed by atoms with van der Waals surface area (Å²) in [7, 11) is 1.53. The van der Waals surface area contributed by atoms with Gasteiger partial charge in [-0.05, 0) is 48.0 Å². The van der Waals surface area contributed by atoms with Crippen LogP contribution in [-0.2, 0) is 9.59 Å². The van der Waals surface area contributed by atoms with Crippen molar-refractivity contribution in [3.05, 3.63) is 88.7 Å². The van der Waals surface area contributed by atoms with Gasteiger partial charge in [0.25, 0.3) is 5.78 Å². The molecule has 0 unspecified atom stereocenters. The maximum atomic E-state index is 13.0. The number of anilines is 1. The van der Waals surface area contributed by atoms with Crippen LogP contribution in [0, 0.1) is 0 Å². The van der Waals surface area contributed by atoms with E-state index in [1.165, 1.54) is 24.4 Å². The fourth-order valence-corrected chi connectivity index (χ4v) is 3.45. The minimum atomic E-state index is -0.910. The average molecular weight is 422 g/mol. The van der Waals surface area contributed by atoms with E-state index in [0.717, 1.165) is 0 Å². The van der Waals surface area contributed by atoms with Gasteiger partial charge in [-0.1, -0.05) is 23.7 Å². The van der Waals surface area contributed by atoms with Crippen LogP contribution in [0.4, 0.5) is 5.95 Å². The Morgan fingerprint density at radius 3 is 2.27 bits per heavy atom. The number of aromatic nitrogens is 2. The molecule has 0 saturated carbocycles. The van der Waals surface area contributed by atoms with Gasteiger partial charge in [-0.3, -0.25) is 14.5 Å². The molecule has 1 N–H and O–H groups in total. The highest BCUT2D eigenvalue weighted by Crippen LogP contribution is 2.41. The van der Waals surface area contributed by atoms with Crippen LogP contribution in [-0.4, -0.2) is 33.9 Å². The molecule has 2 aromatic carbocycles.